The average molecular weight is 341 g/mol. The molecule has 1 N–H and O–H groups in total. The number of rotatable bonds is 1. The fourth-order valence-corrected chi connectivity index (χ4v) is 3.14. The Morgan fingerprint density at radius 1 is 1.12 bits per heavy atom. The van der Waals surface area contributed by atoms with Gasteiger partial charge in [0, 0.05) is 25.2 Å². The smallest absolute Gasteiger partial charge is 0.411 e. The first-order valence-corrected chi connectivity index (χ1v) is 8.13. The summed E-state index contributed by atoms with van der Waals surface area (Å²) in [7, 11) is 0. The van der Waals surface area contributed by atoms with Crippen LogP contribution >= 0.6 is 0 Å². The number of carbonyl (C=O) groups excluding carboxylic acids is 2. The van der Waals surface area contributed by atoms with Crippen molar-refractivity contribution in [3.8, 4) is 0 Å². The summed E-state index contributed by atoms with van der Waals surface area (Å²) in [5.74, 6) is -1.13. The lowest BCUT2D eigenvalue weighted by Crippen LogP contribution is -2.63. The Morgan fingerprint density at radius 2 is 1.71 bits per heavy atom. The molecule has 1 unspecified atom stereocenters. The zero-order valence-corrected chi connectivity index (χ0v) is 15.2. The van der Waals surface area contributed by atoms with Crippen molar-refractivity contribution in [2.45, 2.75) is 64.8 Å². The molecule has 8 heteroatoms. The highest BCUT2D eigenvalue weighted by molar-refractivity contribution is 5.85. The molecule has 0 radical (unpaired) electrons. The molecule has 0 bridgehead atoms. The number of hydrogen-bond donors (Lipinski definition) is 1. The first-order chi connectivity index (χ1) is 10.8. The highest BCUT2D eigenvalue weighted by Gasteiger charge is 2.53. The number of ether oxygens (including phenoxy) is 1. The van der Waals surface area contributed by atoms with Crippen molar-refractivity contribution < 1.29 is 24.2 Å². The van der Waals surface area contributed by atoms with E-state index in [1.807, 2.05) is 20.8 Å². The number of aliphatic carboxylic acids is 1. The van der Waals surface area contributed by atoms with Gasteiger partial charge in [-0.15, -0.1) is 0 Å². The van der Waals surface area contributed by atoms with E-state index in [1.54, 1.807) is 30.6 Å². The predicted molar refractivity (Wildman–Crippen MR) is 86.7 cm³/mol. The second-order valence-electron chi connectivity index (χ2n) is 8.28. The predicted octanol–water partition coefficient (Wildman–Crippen LogP) is 1.60. The van der Waals surface area contributed by atoms with Crippen LogP contribution in [-0.4, -0.2) is 80.8 Å². The minimum atomic E-state index is -1.13. The number of carboxylic acids is 1. The standard InChI is InChI=1S/C16H27N3O5/c1-15(2,3)19-9-10-11(12(20)21)18(8-7-17(10)13(19)22)14(23)24-16(4,5)6/h10-11H,7-9H2,1-6H3,(H,20,21)/t10?,11-/m0/s1. The molecule has 2 aliphatic rings. The van der Waals surface area contributed by atoms with Gasteiger partial charge in [0.05, 0.1) is 6.04 Å². The molecule has 0 aromatic heterocycles. The first-order valence-electron chi connectivity index (χ1n) is 8.13. The summed E-state index contributed by atoms with van der Waals surface area (Å²) in [5.41, 5.74) is -1.12. The quantitative estimate of drug-likeness (QED) is 0.782. The van der Waals surface area contributed by atoms with Crippen LogP contribution in [0.15, 0.2) is 0 Å². The van der Waals surface area contributed by atoms with Gasteiger partial charge in [-0.1, -0.05) is 0 Å². The summed E-state index contributed by atoms with van der Waals surface area (Å²) >= 11 is 0. The molecule has 0 aromatic rings. The van der Waals surface area contributed by atoms with Gasteiger partial charge in [0.1, 0.15) is 5.60 Å². The second-order valence-corrected chi connectivity index (χ2v) is 8.28. The molecule has 24 heavy (non-hydrogen) atoms. The topological polar surface area (TPSA) is 90.4 Å². The van der Waals surface area contributed by atoms with Crippen molar-refractivity contribution >= 4 is 18.1 Å². The molecule has 2 fully saturated rings. The number of amides is 3. The number of carboxylic acid groups (broad SMARTS) is 1. The number of urea groups is 1. The monoisotopic (exact) mass is 341 g/mol. The summed E-state index contributed by atoms with van der Waals surface area (Å²) in [6, 6.07) is -1.86. The Bertz CT molecular complexity index is 549. The van der Waals surface area contributed by atoms with E-state index < -0.39 is 35.3 Å². The zero-order valence-electron chi connectivity index (χ0n) is 15.2. The molecule has 2 atom stereocenters. The molecule has 2 saturated heterocycles. The van der Waals surface area contributed by atoms with E-state index in [9.17, 15) is 19.5 Å². The van der Waals surface area contributed by atoms with Crippen molar-refractivity contribution in [2.75, 3.05) is 19.6 Å². The maximum Gasteiger partial charge on any atom is 0.411 e. The molecule has 0 aromatic carbocycles. The van der Waals surface area contributed by atoms with Crippen LogP contribution in [-0.2, 0) is 9.53 Å². The van der Waals surface area contributed by atoms with Gasteiger partial charge in [0.15, 0.2) is 6.04 Å². The summed E-state index contributed by atoms with van der Waals surface area (Å²) in [5, 5.41) is 9.67. The van der Waals surface area contributed by atoms with Gasteiger partial charge < -0.3 is 19.6 Å². The number of hydrogen-bond acceptors (Lipinski definition) is 4. The Balaban J connectivity index is 2.27. The van der Waals surface area contributed by atoms with E-state index in [2.05, 4.69) is 0 Å². The van der Waals surface area contributed by atoms with Crippen molar-refractivity contribution in [1.82, 2.24) is 14.7 Å². The van der Waals surface area contributed by atoms with Crippen LogP contribution in [0.5, 0.6) is 0 Å². The maximum atomic E-state index is 12.6. The molecule has 0 spiro atoms. The summed E-state index contributed by atoms with van der Waals surface area (Å²) in [6.07, 6.45) is -0.656. The van der Waals surface area contributed by atoms with E-state index >= 15 is 0 Å². The van der Waals surface area contributed by atoms with Crippen LogP contribution < -0.4 is 0 Å². The Morgan fingerprint density at radius 3 is 2.17 bits per heavy atom. The normalized spacial score (nSPS) is 24.9. The minimum Gasteiger partial charge on any atom is -0.480 e. The molecule has 0 saturated carbocycles. The fourth-order valence-electron chi connectivity index (χ4n) is 3.14. The van der Waals surface area contributed by atoms with Crippen molar-refractivity contribution in [3.63, 3.8) is 0 Å². The van der Waals surface area contributed by atoms with Crippen molar-refractivity contribution in [1.29, 1.82) is 0 Å². The first kappa shape index (κ1) is 18.4. The van der Waals surface area contributed by atoms with Crippen LogP contribution in [0.3, 0.4) is 0 Å². The molecular weight excluding hydrogens is 314 g/mol. The Kier molecular flexibility index (Phi) is 4.45. The van der Waals surface area contributed by atoms with Crippen molar-refractivity contribution in [3.05, 3.63) is 0 Å². The lowest BCUT2D eigenvalue weighted by atomic mass is 10.0. The third kappa shape index (κ3) is 3.42. The average Bonchev–Trinajstić information content (AvgIpc) is 2.73. The van der Waals surface area contributed by atoms with E-state index in [-0.39, 0.29) is 19.1 Å². The molecule has 3 amide bonds. The van der Waals surface area contributed by atoms with E-state index in [0.29, 0.717) is 6.54 Å². The van der Waals surface area contributed by atoms with Crippen LogP contribution in [0.25, 0.3) is 0 Å². The molecule has 0 aliphatic carbocycles. The van der Waals surface area contributed by atoms with E-state index in [0.717, 1.165) is 0 Å². The number of piperazine rings is 1. The van der Waals surface area contributed by atoms with Gasteiger partial charge in [0.25, 0.3) is 0 Å². The van der Waals surface area contributed by atoms with Crippen LogP contribution in [0.4, 0.5) is 9.59 Å². The lowest BCUT2D eigenvalue weighted by molar-refractivity contribution is -0.147. The molecule has 2 rings (SSSR count). The summed E-state index contributed by atoms with van der Waals surface area (Å²) in [6.45, 7) is 11.6. The van der Waals surface area contributed by atoms with Gasteiger partial charge in [-0.3, -0.25) is 4.90 Å². The number of fused-ring (bicyclic) bond motifs is 1. The van der Waals surface area contributed by atoms with E-state index in [1.165, 1.54) is 4.90 Å². The van der Waals surface area contributed by atoms with Gasteiger partial charge in [-0.2, -0.15) is 0 Å². The van der Waals surface area contributed by atoms with E-state index in [4.69, 9.17) is 4.74 Å². The van der Waals surface area contributed by atoms with Gasteiger partial charge in [0.2, 0.25) is 0 Å². The fraction of sp³-hybridized carbons (Fsp3) is 0.812. The van der Waals surface area contributed by atoms with Crippen LogP contribution in [0.1, 0.15) is 41.5 Å². The number of carbonyl (C=O) groups is 3. The minimum absolute atomic E-state index is 0.145. The number of nitrogens with zero attached hydrogens (tertiary/aromatic N) is 3. The van der Waals surface area contributed by atoms with Crippen LogP contribution in [0.2, 0.25) is 0 Å². The molecule has 8 nitrogen and oxygen atoms in total. The van der Waals surface area contributed by atoms with Gasteiger partial charge in [-0.05, 0) is 41.5 Å². The highest BCUT2D eigenvalue weighted by atomic mass is 16.6. The van der Waals surface area contributed by atoms with Gasteiger partial charge in [-0.25, -0.2) is 14.4 Å². The Labute approximate surface area is 142 Å². The Hall–Kier alpha value is -1.99. The summed E-state index contributed by atoms with van der Waals surface area (Å²) < 4.78 is 5.33. The second kappa shape index (κ2) is 5.82. The van der Waals surface area contributed by atoms with Crippen LogP contribution in [0, 0.1) is 0 Å². The molecular formula is C16H27N3O5. The third-order valence-electron chi connectivity index (χ3n) is 4.22. The molecule has 2 heterocycles. The van der Waals surface area contributed by atoms with Crippen molar-refractivity contribution in [2.24, 2.45) is 0 Å². The maximum absolute atomic E-state index is 12.6. The largest absolute Gasteiger partial charge is 0.480 e. The summed E-state index contributed by atoms with van der Waals surface area (Å²) in [4.78, 5) is 41.3. The third-order valence-corrected chi connectivity index (χ3v) is 4.22. The molecule has 2 aliphatic heterocycles. The zero-order chi connectivity index (χ0) is 18.4. The van der Waals surface area contributed by atoms with Gasteiger partial charge >= 0.3 is 18.1 Å². The lowest BCUT2D eigenvalue weighted by Gasteiger charge is -2.41. The molecule has 136 valence electrons. The SMILES string of the molecule is CC(C)(C)OC(=O)N1CCN2C(=O)N(C(C)(C)C)CC2[C@H]1C(=O)O. The highest BCUT2D eigenvalue weighted by Crippen LogP contribution is 2.31.